The van der Waals surface area contributed by atoms with E-state index in [0.29, 0.717) is 30.3 Å². The topological polar surface area (TPSA) is 92.9 Å². The molecule has 0 bridgehead atoms. The van der Waals surface area contributed by atoms with Crippen LogP contribution in [0.2, 0.25) is 0 Å². The maximum Gasteiger partial charge on any atom is 0.410 e. The molecule has 1 aromatic carbocycles. The highest BCUT2D eigenvalue weighted by atomic mass is 32.2. The first-order valence-electron chi connectivity index (χ1n) is 10.9. The van der Waals surface area contributed by atoms with Gasteiger partial charge < -0.3 is 15.4 Å². The molecule has 2 N–H and O–H groups in total. The molecule has 0 aromatic heterocycles. The molecule has 8 heteroatoms. The van der Waals surface area contributed by atoms with Crippen LogP contribution in [-0.2, 0) is 14.8 Å². The molecule has 7 nitrogen and oxygen atoms in total. The van der Waals surface area contributed by atoms with Gasteiger partial charge in [-0.3, -0.25) is 0 Å². The summed E-state index contributed by atoms with van der Waals surface area (Å²) in [5.41, 5.74) is 5.65. The molecule has 2 fully saturated rings. The van der Waals surface area contributed by atoms with E-state index in [2.05, 4.69) is 0 Å². The Morgan fingerprint density at radius 2 is 1.83 bits per heavy atom. The third-order valence-electron chi connectivity index (χ3n) is 6.02. The van der Waals surface area contributed by atoms with E-state index >= 15 is 0 Å². The fourth-order valence-electron chi connectivity index (χ4n) is 4.44. The average molecular weight is 438 g/mol. The number of rotatable bonds is 5. The molecule has 1 saturated heterocycles. The molecule has 1 aliphatic carbocycles. The maximum absolute atomic E-state index is 13.3. The molecule has 1 amide bonds. The van der Waals surface area contributed by atoms with Gasteiger partial charge in [-0.15, -0.1) is 0 Å². The van der Waals surface area contributed by atoms with Crippen molar-refractivity contribution in [3.8, 4) is 0 Å². The van der Waals surface area contributed by atoms with E-state index in [-0.39, 0.29) is 24.7 Å². The zero-order valence-corrected chi connectivity index (χ0v) is 19.1. The van der Waals surface area contributed by atoms with Gasteiger partial charge in [0.25, 0.3) is 0 Å². The zero-order chi connectivity index (χ0) is 21.9. The molecule has 30 heavy (non-hydrogen) atoms. The number of carbonyl (C=O) groups is 1. The summed E-state index contributed by atoms with van der Waals surface area (Å²) in [5.74, 6) is 0.420. The second-order valence-electron chi connectivity index (χ2n) is 9.44. The summed E-state index contributed by atoms with van der Waals surface area (Å²) >= 11 is 0. The van der Waals surface area contributed by atoms with Gasteiger partial charge in [-0.25, -0.2) is 13.2 Å². The van der Waals surface area contributed by atoms with Crippen LogP contribution in [0.1, 0.15) is 52.9 Å². The highest BCUT2D eigenvalue weighted by Crippen LogP contribution is 2.31. The molecular weight excluding hydrogens is 402 g/mol. The van der Waals surface area contributed by atoms with Gasteiger partial charge in [0.05, 0.1) is 4.90 Å². The zero-order valence-electron chi connectivity index (χ0n) is 18.3. The third-order valence-corrected chi connectivity index (χ3v) is 7.98. The minimum atomic E-state index is -3.63. The monoisotopic (exact) mass is 437 g/mol. The molecule has 3 rings (SSSR count). The summed E-state index contributed by atoms with van der Waals surface area (Å²) in [7, 11) is -3.63. The normalized spacial score (nSPS) is 26.0. The predicted octanol–water partition coefficient (Wildman–Crippen LogP) is 3.20. The number of hydrogen-bond acceptors (Lipinski definition) is 5. The van der Waals surface area contributed by atoms with Gasteiger partial charge in [0.1, 0.15) is 5.60 Å². The Balaban J connectivity index is 1.78. The van der Waals surface area contributed by atoms with Crippen molar-refractivity contribution < 1.29 is 17.9 Å². The summed E-state index contributed by atoms with van der Waals surface area (Å²) in [5, 5.41) is 0. The molecule has 1 aromatic rings. The molecule has 0 unspecified atom stereocenters. The van der Waals surface area contributed by atoms with Crippen molar-refractivity contribution in [2.24, 2.45) is 11.7 Å². The van der Waals surface area contributed by atoms with Crippen LogP contribution in [0.15, 0.2) is 35.2 Å². The Bertz CT molecular complexity index is 823. The van der Waals surface area contributed by atoms with Crippen molar-refractivity contribution in [1.82, 2.24) is 9.21 Å². The summed E-state index contributed by atoms with van der Waals surface area (Å²) < 4.78 is 33.8. The van der Waals surface area contributed by atoms with Crippen LogP contribution < -0.4 is 5.73 Å². The van der Waals surface area contributed by atoms with Gasteiger partial charge in [0.15, 0.2) is 0 Å². The van der Waals surface area contributed by atoms with Crippen LogP contribution >= 0.6 is 0 Å². The van der Waals surface area contributed by atoms with Crippen molar-refractivity contribution in [3.05, 3.63) is 30.3 Å². The molecule has 0 radical (unpaired) electrons. The predicted molar refractivity (Wildman–Crippen MR) is 116 cm³/mol. The van der Waals surface area contributed by atoms with Crippen LogP contribution in [0.5, 0.6) is 0 Å². The van der Waals surface area contributed by atoms with E-state index in [4.69, 9.17) is 10.5 Å². The summed E-state index contributed by atoms with van der Waals surface area (Å²) in [4.78, 5) is 14.5. The van der Waals surface area contributed by atoms with Crippen LogP contribution in [0.4, 0.5) is 4.79 Å². The van der Waals surface area contributed by atoms with Crippen molar-refractivity contribution in [2.75, 3.05) is 19.6 Å². The quantitative estimate of drug-likeness (QED) is 0.764. The van der Waals surface area contributed by atoms with E-state index in [9.17, 15) is 13.2 Å². The Kier molecular flexibility index (Phi) is 7.09. The number of benzene rings is 1. The standard InChI is InChI=1S/C22H35N3O4S/c1-22(2,3)29-21(26)24-14-15-25(30(27,28)19-9-5-4-6-10-19)18(16-24)13-12-17-8-7-11-20(17)23/h4-6,9-10,17-18,20H,7-8,11-16,23H2,1-3H3/t17-,18+,20+/m1/s1. The number of nitrogens with zero attached hydrogens (tertiary/aromatic N) is 2. The Hall–Kier alpha value is -1.64. The number of nitrogens with two attached hydrogens (primary N) is 1. The number of piperazine rings is 1. The van der Waals surface area contributed by atoms with E-state index in [1.807, 2.05) is 20.8 Å². The molecule has 1 heterocycles. The van der Waals surface area contributed by atoms with Crippen LogP contribution in [0.25, 0.3) is 0 Å². The minimum absolute atomic E-state index is 0.190. The molecule has 1 saturated carbocycles. The lowest BCUT2D eigenvalue weighted by Crippen LogP contribution is -2.57. The van der Waals surface area contributed by atoms with E-state index in [1.54, 1.807) is 39.5 Å². The molecule has 2 aliphatic rings. The Morgan fingerprint density at radius 3 is 2.43 bits per heavy atom. The molecule has 1 aliphatic heterocycles. The molecule has 168 valence electrons. The van der Waals surface area contributed by atoms with Crippen molar-refractivity contribution in [1.29, 1.82) is 0 Å². The van der Waals surface area contributed by atoms with Crippen molar-refractivity contribution in [3.63, 3.8) is 0 Å². The van der Waals surface area contributed by atoms with Gasteiger partial charge in [-0.05, 0) is 64.5 Å². The van der Waals surface area contributed by atoms with Crippen LogP contribution in [0, 0.1) is 5.92 Å². The fourth-order valence-corrected chi connectivity index (χ4v) is 6.10. The second-order valence-corrected chi connectivity index (χ2v) is 11.3. The first-order valence-corrected chi connectivity index (χ1v) is 12.3. The second kappa shape index (κ2) is 9.24. The molecule has 0 spiro atoms. The summed E-state index contributed by atoms with van der Waals surface area (Å²) in [6.07, 6.45) is 4.42. The number of hydrogen-bond donors (Lipinski definition) is 1. The number of carbonyl (C=O) groups excluding carboxylic acids is 1. The van der Waals surface area contributed by atoms with Gasteiger partial charge >= 0.3 is 6.09 Å². The third kappa shape index (κ3) is 5.53. The smallest absolute Gasteiger partial charge is 0.410 e. The largest absolute Gasteiger partial charge is 0.444 e. The lowest BCUT2D eigenvalue weighted by atomic mass is 9.95. The fraction of sp³-hybridized carbons (Fsp3) is 0.682. The van der Waals surface area contributed by atoms with Gasteiger partial charge in [0.2, 0.25) is 10.0 Å². The minimum Gasteiger partial charge on any atom is -0.444 e. The molecular formula is C22H35N3O4S. The van der Waals surface area contributed by atoms with Gasteiger partial charge in [-0.2, -0.15) is 4.31 Å². The van der Waals surface area contributed by atoms with Crippen molar-refractivity contribution in [2.45, 2.75) is 75.5 Å². The number of sulfonamides is 1. The first kappa shape index (κ1) is 23.0. The van der Waals surface area contributed by atoms with Crippen LogP contribution in [-0.4, -0.2) is 61.0 Å². The average Bonchev–Trinajstić information content (AvgIpc) is 3.10. The van der Waals surface area contributed by atoms with E-state index < -0.39 is 15.6 Å². The number of ether oxygens (including phenoxy) is 1. The first-order chi connectivity index (χ1) is 14.1. The maximum atomic E-state index is 13.3. The summed E-state index contributed by atoms with van der Waals surface area (Å²) in [6, 6.07) is 8.42. The van der Waals surface area contributed by atoms with E-state index in [1.165, 1.54) is 0 Å². The van der Waals surface area contributed by atoms with Gasteiger partial charge in [0, 0.05) is 31.7 Å². The Labute approximate surface area is 180 Å². The molecule has 3 atom stereocenters. The SMILES string of the molecule is CC(C)(C)OC(=O)N1CCN(S(=O)(=O)c2ccccc2)[C@@H](CC[C@H]2CCC[C@@H]2N)C1. The highest BCUT2D eigenvalue weighted by Gasteiger charge is 2.39. The lowest BCUT2D eigenvalue weighted by Gasteiger charge is -2.41. The van der Waals surface area contributed by atoms with Gasteiger partial charge in [-0.1, -0.05) is 24.6 Å². The van der Waals surface area contributed by atoms with E-state index in [0.717, 1.165) is 25.7 Å². The summed E-state index contributed by atoms with van der Waals surface area (Å²) in [6.45, 7) is 6.42. The number of amides is 1. The highest BCUT2D eigenvalue weighted by molar-refractivity contribution is 7.89. The van der Waals surface area contributed by atoms with Crippen LogP contribution in [0.3, 0.4) is 0 Å². The lowest BCUT2D eigenvalue weighted by molar-refractivity contribution is 0.0122. The van der Waals surface area contributed by atoms with Crippen molar-refractivity contribution >= 4 is 16.1 Å². The Morgan fingerprint density at radius 1 is 1.13 bits per heavy atom.